The third kappa shape index (κ3) is 3.43. The zero-order valence-corrected chi connectivity index (χ0v) is 17.6. The van der Waals surface area contributed by atoms with Gasteiger partial charge in [0.15, 0.2) is 0 Å². The number of fused-ring (bicyclic) bond motifs is 3. The van der Waals surface area contributed by atoms with Crippen molar-refractivity contribution in [3.8, 4) is 11.5 Å². The van der Waals surface area contributed by atoms with Crippen molar-refractivity contribution in [3.63, 3.8) is 0 Å². The molecule has 0 saturated carbocycles. The molecule has 0 spiro atoms. The van der Waals surface area contributed by atoms with Gasteiger partial charge in [-0.05, 0) is 56.7 Å². The summed E-state index contributed by atoms with van der Waals surface area (Å²) in [7, 11) is 0. The Balaban J connectivity index is 1.50. The lowest BCUT2D eigenvalue weighted by Gasteiger charge is -2.38. The maximum absolute atomic E-state index is 6.42. The maximum atomic E-state index is 6.42. The van der Waals surface area contributed by atoms with E-state index in [0.717, 1.165) is 34.8 Å². The summed E-state index contributed by atoms with van der Waals surface area (Å²) in [6.07, 6.45) is 0.789. The van der Waals surface area contributed by atoms with Crippen molar-refractivity contribution in [2.45, 2.75) is 45.6 Å². The molecule has 2 aliphatic rings. The van der Waals surface area contributed by atoms with Gasteiger partial charge in [0.05, 0.1) is 17.9 Å². The standard InChI is InChI=1S/C26H26N2O2/c1-17(2)29-21-14-12-19(13-15-21)23-16-24-22-6-4-5-7-25(22)30-26(28(24)27-23)20-10-8-18(3)9-11-20/h4-15,17,24,26H,16H2,1-3H3/t24-,26-/m1/s1. The molecular formula is C26H26N2O2. The van der Waals surface area contributed by atoms with E-state index in [0.29, 0.717) is 0 Å². The first kappa shape index (κ1) is 18.7. The summed E-state index contributed by atoms with van der Waals surface area (Å²) in [6.45, 7) is 6.17. The zero-order chi connectivity index (χ0) is 20.7. The van der Waals surface area contributed by atoms with E-state index in [1.54, 1.807) is 0 Å². The largest absolute Gasteiger partial charge is 0.491 e. The second-order valence-corrected chi connectivity index (χ2v) is 8.26. The van der Waals surface area contributed by atoms with E-state index >= 15 is 0 Å². The number of ether oxygens (including phenoxy) is 2. The second-order valence-electron chi connectivity index (χ2n) is 8.26. The molecule has 0 amide bonds. The van der Waals surface area contributed by atoms with E-state index in [1.165, 1.54) is 11.1 Å². The Morgan fingerprint density at radius 2 is 1.70 bits per heavy atom. The number of hydrogen-bond donors (Lipinski definition) is 0. The van der Waals surface area contributed by atoms with Crippen molar-refractivity contribution in [2.24, 2.45) is 5.10 Å². The second kappa shape index (κ2) is 7.52. The Morgan fingerprint density at radius 1 is 0.967 bits per heavy atom. The molecule has 2 aliphatic heterocycles. The van der Waals surface area contributed by atoms with Gasteiger partial charge in [-0.2, -0.15) is 5.10 Å². The van der Waals surface area contributed by atoms with Crippen LogP contribution in [0.2, 0.25) is 0 Å². The Labute approximate surface area is 177 Å². The molecule has 0 aliphatic carbocycles. The number of nitrogens with zero attached hydrogens (tertiary/aromatic N) is 2. The summed E-state index contributed by atoms with van der Waals surface area (Å²) in [5.74, 6) is 1.83. The Morgan fingerprint density at radius 3 is 2.43 bits per heavy atom. The van der Waals surface area contributed by atoms with Gasteiger partial charge in [0, 0.05) is 17.5 Å². The van der Waals surface area contributed by atoms with Crippen LogP contribution in [0.5, 0.6) is 11.5 Å². The summed E-state index contributed by atoms with van der Waals surface area (Å²) in [5, 5.41) is 7.16. The van der Waals surface area contributed by atoms with Crippen LogP contribution in [-0.4, -0.2) is 16.8 Å². The highest BCUT2D eigenvalue weighted by Gasteiger charge is 2.40. The molecule has 0 N–H and O–H groups in total. The van der Waals surface area contributed by atoms with Gasteiger partial charge in [0.2, 0.25) is 6.23 Å². The van der Waals surface area contributed by atoms with Gasteiger partial charge in [-0.15, -0.1) is 0 Å². The number of hydrazone groups is 1. The Kier molecular flexibility index (Phi) is 4.70. The molecule has 0 fully saturated rings. The summed E-state index contributed by atoms with van der Waals surface area (Å²) in [4.78, 5) is 0. The van der Waals surface area contributed by atoms with Crippen LogP contribution >= 0.6 is 0 Å². The number of benzene rings is 3. The van der Waals surface area contributed by atoms with Gasteiger partial charge >= 0.3 is 0 Å². The lowest BCUT2D eigenvalue weighted by atomic mass is 9.96. The first-order valence-corrected chi connectivity index (χ1v) is 10.5. The first-order chi connectivity index (χ1) is 14.6. The lowest BCUT2D eigenvalue weighted by molar-refractivity contribution is -0.0190. The van der Waals surface area contributed by atoms with Crippen molar-refractivity contribution >= 4 is 5.71 Å². The monoisotopic (exact) mass is 398 g/mol. The molecule has 2 atom stereocenters. The van der Waals surface area contributed by atoms with Gasteiger partial charge in [0.1, 0.15) is 11.5 Å². The predicted octanol–water partition coefficient (Wildman–Crippen LogP) is 6.02. The fourth-order valence-corrected chi connectivity index (χ4v) is 4.16. The van der Waals surface area contributed by atoms with Gasteiger partial charge in [-0.25, -0.2) is 5.01 Å². The van der Waals surface area contributed by atoms with Gasteiger partial charge < -0.3 is 9.47 Å². The van der Waals surface area contributed by atoms with E-state index in [4.69, 9.17) is 14.6 Å². The van der Waals surface area contributed by atoms with Crippen LogP contribution in [0.15, 0.2) is 77.9 Å². The van der Waals surface area contributed by atoms with Crippen LogP contribution in [0.3, 0.4) is 0 Å². The third-order valence-electron chi connectivity index (χ3n) is 5.62. The van der Waals surface area contributed by atoms with Crippen LogP contribution in [0, 0.1) is 6.92 Å². The molecular weight excluding hydrogens is 372 g/mol. The predicted molar refractivity (Wildman–Crippen MR) is 119 cm³/mol. The summed E-state index contributed by atoms with van der Waals surface area (Å²) in [6, 6.07) is 25.3. The fourth-order valence-electron chi connectivity index (χ4n) is 4.16. The molecule has 2 heterocycles. The molecule has 152 valence electrons. The van der Waals surface area contributed by atoms with Crippen LogP contribution in [-0.2, 0) is 0 Å². The van der Waals surface area contributed by atoms with Crippen LogP contribution in [0.4, 0.5) is 0 Å². The molecule has 4 heteroatoms. The van der Waals surface area contributed by atoms with Crippen LogP contribution < -0.4 is 9.47 Å². The number of aryl methyl sites for hydroxylation is 1. The topological polar surface area (TPSA) is 34.1 Å². The van der Waals surface area contributed by atoms with Crippen molar-refractivity contribution in [3.05, 3.63) is 95.1 Å². The van der Waals surface area contributed by atoms with Gasteiger partial charge in [0.25, 0.3) is 0 Å². The smallest absolute Gasteiger partial charge is 0.213 e. The van der Waals surface area contributed by atoms with E-state index in [9.17, 15) is 0 Å². The maximum Gasteiger partial charge on any atom is 0.213 e. The van der Waals surface area contributed by atoms with E-state index in [-0.39, 0.29) is 18.4 Å². The third-order valence-corrected chi connectivity index (χ3v) is 5.62. The normalized spacial score (nSPS) is 19.7. The molecule has 5 rings (SSSR count). The molecule has 0 saturated heterocycles. The van der Waals surface area contributed by atoms with Crippen LogP contribution in [0.1, 0.15) is 54.8 Å². The highest BCUT2D eigenvalue weighted by Crippen LogP contribution is 2.47. The minimum absolute atomic E-state index is 0.164. The summed E-state index contributed by atoms with van der Waals surface area (Å²) >= 11 is 0. The molecule has 30 heavy (non-hydrogen) atoms. The molecule has 0 aromatic heterocycles. The summed E-state index contributed by atoms with van der Waals surface area (Å²) in [5.41, 5.74) is 5.75. The summed E-state index contributed by atoms with van der Waals surface area (Å²) < 4.78 is 12.2. The Hall–Kier alpha value is -3.27. The molecule has 3 aromatic rings. The molecule has 3 aromatic carbocycles. The van der Waals surface area contributed by atoms with E-state index < -0.39 is 0 Å². The number of hydrogen-bond acceptors (Lipinski definition) is 4. The van der Waals surface area contributed by atoms with Crippen molar-refractivity contribution in [2.75, 3.05) is 0 Å². The first-order valence-electron chi connectivity index (χ1n) is 10.5. The van der Waals surface area contributed by atoms with Crippen LogP contribution in [0.25, 0.3) is 0 Å². The average molecular weight is 399 g/mol. The highest BCUT2D eigenvalue weighted by molar-refractivity contribution is 6.02. The SMILES string of the molecule is Cc1ccc([C@H]2Oc3ccccc3[C@H]3CC(c4ccc(OC(C)C)cc4)=NN32)cc1. The molecule has 4 nitrogen and oxygen atoms in total. The van der Waals surface area contributed by atoms with Gasteiger partial charge in [-0.3, -0.25) is 0 Å². The zero-order valence-electron chi connectivity index (χ0n) is 17.6. The minimum atomic E-state index is -0.230. The molecule has 0 unspecified atom stereocenters. The molecule has 0 radical (unpaired) electrons. The van der Waals surface area contributed by atoms with E-state index in [1.807, 2.05) is 32.0 Å². The lowest BCUT2D eigenvalue weighted by Crippen LogP contribution is -2.33. The van der Waals surface area contributed by atoms with Gasteiger partial charge in [-0.1, -0.05) is 48.0 Å². The highest BCUT2D eigenvalue weighted by atomic mass is 16.5. The van der Waals surface area contributed by atoms with E-state index in [2.05, 4.69) is 66.5 Å². The van der Waals surface area contributed by atoms with Crippen molar-refractivity contribution < 1.29 is 9.47 Å². The Bertz CT molecular complexity index is 1070. The number of rotatable bonds is 4. The fraction of sp³-hybridized carbons (Fsp3) is 0.269. The minimum Gasteiger partial charge on any atom is -0.491 e. The average Bonchev–Trinajstić information content (AvgIpc) is 3.20. The number of para-hydroxylation sites is 1. The molecule has 0 bridgehead atoms. The van der Waals surface area contributed by atoms with Crippen molar-refractivity contribution in [1.82, 2.24) is 5.01 Å². The van der Waals surface area contributed by atoms with Crippen molar-refractivity contribution in [1.29, 1.82) is 0 Å². The quantitative estimate of drug-likeness (QED) is 0.538.